The minimum atomic E-state index is 0.374. The molecule has 1 fully saturated rings. The van der Waals surface area contributed by atoms with E-state index in [2.05, 4.69) is 26.4 Å². The Balaban J connectivity index is 1.77. The van der Waals surface area contributed by atoms with Crippen LogP contribution in [-0.4, -0.2) is 42.8 Å². The van der Waals surface area contributed by atoms with Crippen LogP contribution in [0.2, 0.25) is 0 Å². The van der Waals surface area contributed by atoms with Gasteiger partial charge in [0, 0.05) is 30.4 Å². The molecule has 3 aliphatic heterocycles. The van der Waals surface area contributed by atoms with E-state index in [1.807, 2.05) is 6.92 Å². The van der Waals surface area contributed by atoms with Gasteiger partial charge in [0.25, 0.3) is 0 Å². The first-order valence-electron chi connectivity index (χ1n) is 12.4. The zero-order valence-electron chi connectivity index (χ0n) is 19.3. The molecule has 0 saturated carbocycles. The van der Waals surface area contributed by atoms with Crippen molar-refractivity contribution in [1.82, 2.24) is 4.98 Å². The Bertz CT molecular complexity index is 971. The molecular weight excluding hydrogens is 400 g/mol. The summed E-state index contributed by atoms with van der Waals surface area (Å²) in [6.45, 7) is 5.26. The summed E-state index contributed by atoms with van der Waals surface area (Å²) in [6, 6.07) is 0. The van der Waals surface area contributed by atoms with Crippen LogP contribution in [0.25, 0.3) is 0 Å². The van der Waals surface area contributed by atoms with Gasteiger partial charge in [0.2, 0.25) is 0 Å². The van der Waals surface area contributed by atoms with Gasteiger partial charge in [-0.3, -0.25) is 0 Å². The van der Waals surface area contributed by atoms with E-state index in [4.69, 9.17) is 14.7 Å². The molecule has 0 radical (unpaired) electrons. The van der Waals surface area contributed by atoms with E-state index in [0.717, 1.165) is 80.3 Å². The van der Waals surface area contributed by atoms with Gasteiger partial charge in [0.15, 0.2) is 6.73 Å². The van der Waals surface area contributed by atoms with Crippen molar-refractivity contribution >= 4 is 17.2 Å². The fraction of sp³-hybridized carbons (Fsp3) is 0.640. The second kappa shape index (κ2) is 9.92. The lowest BCUT2D eigenvalue weighted by Crippen LogP contribution is -2.33. The zero-order valence-corrected chi connectivity index (χ0v) is 19.3. The normalized spacial score (nSPS) is 23.5. The SMILES string of the molecule is CC1=CC(c2c3c(nc(N4CCCCC4)c2/C2=N\N=NCCCC2)CCCCC3)=NCO1. The molecule has 4 heterocycles. The summed E-state index contributed by atoms with van der Waals surface area (Å²) in [5.74, 6) is 2.01. The molecule has 0 spiro atoms. The highest BCUT2D eigenvalue weighted by Gasteiger charge is 2.30. The second-order valence-corrected chi connectivity index (χ2v) is 9.25. The summed E-state index contributed by atoms with van der Waals surface area (Å²) < 4.78 is 5.65. The van der Waals surface area contributed by atoms with E-state index in [1.165, 1.54) is 55.3 Å². The van der Waals surface area contributed by atoms with Crippen LogP contribution >= 0.6 is 0 Å². The number of nitrogens with zero attached hydrogens (tertiary/aromatic N) is 6. The largest absolute Gasteiger partial charge is 0.476 e. The molecule has 1 saturated heterocycles. The highest BCUT2D eigenvalue weighted by atomic mass is 16.5. The minimum absolute atomic E-state index is 0.374. The van der Waals surface area contributed by atoms with Crippen LogP contribution in [0.1, 0.15) is 87.1 Å². The van der Waals surface area contributed by atoms with Crippen molar-refractivity contribution in [3.8, 4) is 0 Å². The van der Waals surface area contributed by atoms with Gasteiger partial charge in [-0.25, -0.2) is 9.98 Å². The molecule has 5 rings (SSSR count). The van der Waals surface area contributed by atoms with E-state index in [1.54, 1.807) is 0 Å². The van der Waals surface area contributed by atoms with Gasteiger partial charge in [-0.15, -0.1) is 5.10 Å². The third-order valence-electron chi connectivity index (χ3n) is 6.92. The van der Waals surface area contributed by atoms with Gasteiger partial charge in [-0.1, -0.05) is 6.42 Å². The van der Waals surface area contributed by atoms with Gasteiger partial charge in [-0.2, -0.15) is 5.11 Å². The van der Waals surface area contributed by atoms with Gasteiger partial charge < -0.3 is 9.64 Å². The molecule has 1 aromatic rings. The number of aromatic nitrogens is 1. The van der Waals surface area contributed by atoms with E-state index in [9.17, 15) is 0 Å². The Morgan fingerprint density at radius 2 is 1.69 bits per heavy atom. The summed E-state index contributed by atoms with van der Waals surface area (Å²) in [5, 5.41) is 13.1. The molecule has 7 heteroatoms. The summed E-state index contributed by atoms with van der Waals surface area (Å²) >= 11 is 0. The molecule has 7 nitrogen and oxygen atoms in total. The quantitative estimate of drug-likeness (QED) is 0.601. The number of hydrogen-bond donors (Lipinski definition) is 0. The Hall–Kier alpha value is -2.57. The highest BCUT2D eigenvalue weighted by Crippen LogP contribution is 2.35. The number of allylic oxidation sites excluding steroid dienone is 2. The predicted molar refractivity (Wildman–Crippen MR) is 128 cm³/mol. The molecule has 0 amide bonds. The van der Waals surface area contributed by atoms with Crippen molar-refractivity contribution in [3.63, 3.8) is 0 Å². The van der Waals surface area contributed by atoms with E-state index < -0.39 is 0 Å². The number of aryl methyl sites for hydroxylation is 1. The first-order chi connectivity index (χ1) is 15.8. The van der Waals surface area contributed by atoms with Crippen molar-refractivity contribution in [3.05, 3.63) is 34.2 Å². The third-order valence-corrected chi connectivity index (χ3v) is 6.92. The standard InChI is InChI=1S/C25H34N6O/c1-18-16-22(26-17-32-18)23-19-10-4-2-5-11-20(19)28-25(31-14-8-3-9-15-31)24(23)21-12-6-7-13-27-30-29-21/h16H,2-15,17H2,1H3/b29-21-,30-27?. The molecule has 0 N–H and O–H groups in total. The van der Waals surface area contributed by atoms with Crippen molar-refractivity contribution in [2.24, 2.45) is 20.4 Å². The average Bonchev–Trinajstić information content (AvgIpc) is 3.04. The van der Waals surface area contributed by atoms with Crippen molar-refractivity contribution < 1.29 is 4.74 Å². The topological polar surface area (TPSA) is 74.8 Å². The van der Waals surface area contributed by atoms with Crippen molar-refractivity contribution in [1.29, 1.82) is 0 Å². The molecular formula is C25H34N6O. The molecule has 170 valence electrons. The van der Waals surface area contributed by atoms with Crippen LogP contribution in [-0.2, 0) is 17.6 Å². The summed E-state index contributed by atoms with van der Waals surface area (Å²) in [7, 11) is 0. The maximum absolute atomic E-state index is 5.65. The van der Waals surface area contributed by atoms with E-state index in [0.29, 0.717) is 6.73 Å². The Labute approximate surface area is 190 Å². The first-order valence-corrected chi connectivity index (χ1v) is 12.4. The Morgan fingerprint density at radius 1 is 0.875 bits per heavy atom. The lowest BCUT2D eigenvalue weighted by molar-refractivity contribution is 0.221. The van der Waals surface area contributed by atoms with E-state index in [-0.39, 0.29) is 0 Å². The average molecular weight is 435 g/mol. The first kappa shape index (κ1) is 21.3. The number of anilines is 1. The maximum atomic E-state index is 5.65. The smallest absolute Gasteiger partial charge is 0.179 e. The number of ether oxygens (including phenoxy) is 1. The van der Waals surface area contributed by atoms with E-state index >= 15 is 0 Å². The molecule has 0 bridgehead atoms. The van der Waals surface area contributed by atoms with Gasteiger partial charge >= 0.3 is 0 Å². The predicted octanol–water partition coefficient (Wildman–Crippen LogP) is 5.36. The van der Waals surface area contributed by atoms with Crippen LogP contribution in [0.5, 0.6) is 0 Å². The van der Waals surface area contributed by atoms with Crippen LogP contribution in [0.4, 0.5) is 5.82 Å². The number of aliphatic imine (C=N–C) groups is 1. The van der Waals surface area contributed by atoms with Gasteiger partial charge in [0.05, 0.1) is 29.3 Å². The maximum Gasteiger partial charge on any atom is 0.179 e. The number of hydrogen-bond acceptors (Lipinski definition) is 7. The fourth-order valence-corrected chi connectivity index (χ4v) is 5.26. The van der Waals surface area contributed by atoms with Crippen LogP contribution < -0.4 is 4.90 Å². The summed E-state index contributed by atoms with van der Waals surface area (Å²) in [5.41, 5.74) is 7.04. The monoisotopic (exact) mass is 434 g/mol. The molecule has 1 aliphatic carbocycles. The molecule has 1 aromatic heterocycles. The number of rotatable bonds is 3. The lowest BCUT2D eigenvalue weighted by atomic mass is 9.88. The molecule has 0 unspecified atom stereocenters. The second-order valence-electron chi connectivity index (χ2n) is 9.25. The molecule has 0 atom stereocenters. The zero-order chi connectivity index (χ0) is 21.8. The van der Waals surface area contributed by atoms with Crippen molar-refractivity contribution in [2.75, 3.05) is 31.3 Å². The van der Waals surface area contributed by atoms with Crippen molar-refractivity contribution in [2.45, 2.75) is 77.6 Å². The highest BCUT2D eigenvalue weighted by molar-refractivity contribution is 6.20. The fourth-order valence-electron chi connectivity index (χ4n) is 5.26. The number of piperidine rings is 1. The Morgan fingerprint density at radius 3 is 2.56 bits per heavy atom. The molecule has 4 aliphatic rings. The molecule has 32 heavy (non-hydrogen) atoms. The van der Waals surface area contributed by atoms with Gasteiger partial charge in [0.1, 0.15) is 5.82 Å². The third kappa shape index (κ3) is 4.48. The summed E-state index contributed by atoms with van der Waals surface area (Å²) in [6.07, 6.45) is 14.6. The van der Waals surface area contributed by atoms with Crippen LogP contribution in [0, 0.1) is 0 Å². The van der Waals surface area contributed by atoms with Gasteiger partial charge in [-0.05, 0) is 81.9 Å². The minimum Gasteiger partial charge on any atom is -0.476 e. The Kier molecular flexibility index (Phi) is 6.60. The summed E-state index contributed by atoms with van der Waals surface area (Å²) in [4.78, 5) is 12.7. The van der Waals surface area contributed by atoms with Crippen LogP contribution in [0.3, 0.4) is 0 Å². The number of fused-ring (bicyclic) bond motifs is 1. The molecule has 0 aromatic carbocycles. The van der Waals surface area contributed by atoms with Crippen LogP contribution in [0.15, 0.2) is 32.3 Å². The number of pyridine rings is 1. The lowest BCUT2D eigenvalue weighted by Gasteiger charge is -2.32.